The Bertz CT molecular complexity index is 651. The quantitative estimate of drug-likeness (QED) is 0.153. The minimum atomic E-state index is -1.32. The molecule has 0 atom stereocenters. The zero-order valence-electron chi connectivity index (χ0n) is 24.8. The van der Waals surface area contributed by atoms with E-state index in [0.717, 1.165) is 6.42 Å². The van der Waals surface area contributed by atoms with Gasteiger partial charge in [-0.2, -0.15) is 0 Å². The summed E-state index contributed by atoms with van der Waals surface area (Å²) in [7, 11) is -1.32. The summed E-state index contributed by atoms with van der Waals surface area (Å²) < 4.78 is 5.53. The van der Waals surface area contributed by atoms with Crippen LogP contribution in [0.25, 0.3) is 0 Å². The van der Waals surface area contributed by atoms with Crippen molar-refractivity contribution in [2.24, 2.45) is 21.0 Å². The third-order valence-electron chi connectivity index (χ3n) is 5.82. The molecule has 0 bridgehead atoms. The van der Waals surface area contributed by atoms with Gasteiger partial charge in [0.05, 0.1) is 0 Å². The van der Waals surface area contributed by atoms with Crippen molar-refractivity contribution in [2.45, 2.75) is 115 Å². The van der Waals surface area contributed by atoms with E-state index >= 15 is 0 Å². The second-order valence-electron chi connectivity index (χ2n) is 13.3. The first-order chi connectivity index (χ1) is 15.1. The monoisotopic (exact) mass is 523 g/mol. The molecule has 196 valence electrons. The summed E-state index contributed by atoms with van der Waals surface area (Å²) in [4.78, 5) is 0. The molecule has 0 aromatic heterocycles. The molecule has 0 heterocycles. The number of rotatable bonds is 10. The second kappa shape index (κ2) is 17.4. The van der Waals surface area contributed by atoms with Gasteiger partial charge in [0.2, 0.25) is 0 Å². The summed E-state index contributed by atoms with van der Waals surface area (Å²) in [6.45, 7) is 25.6. The van der Waals surface area contributed by atoms with Gasteiger partial charge in [-0.3, -0.25) is 4.74 Å². The van der Waals surface area contributed by atoms with Crippen molar-refractivity contribution in [2.75, 3.05) is 18.5 Å². The smallest absolute Gasteiger partial charge is 0.0425 e. The van der Waals surface area contributed by atoms with Crippen LogP contribution in [0.15, 0.2) is 53.0 Å². The van der Waals surface area contributed by atoms with E-state index in [1.807, 2.05) is 13.0 Å². The first-order valence-electron chi connectivity index (χ1n) is 13.3. The van der Waals surface area contributed by atoms with E-state index in [1.54, 1.807) is 0 Å². The Hall–Kier alpha value is -0.0957. The van der Waals surface area contributed by atoms with E-state index in [2.05, 4.69) is 106 Å². The van der Waals surface area contributed by atoms with Gasteiger partial charge in [0.1, 0.15) is 0 Å². The molecule has 0 radical (unpaired) electrons. The summed E-state index contributed by atoms with van der Waals surface area (Å²) in [5.74, 6) is 0. The van der Waals surface area contributed by atoms with E-state index in [4.69, 9.17) is 4.74 Å². The van der Waals surface area contributed by atoms with E-state index in [9.17, 15) is 0 Å². The fourth-order valence-electron chi connectivity index (χ4n) is 3.35. The molecule has 0 saturated heterocycles. The van der Waals surface area contributed by atoms with Crippen molar-refractivity contribution in [3.8, 4) is 0 Å². The van der Waals surface area contributed by atoms with Crippen molar-refractivity contribution >= 4 is 7.05 Å². The summed E-state index contributed by atoms with van der Waals surface area (Å²) >= 11 is 0. The molecule has 0 unspecified atom stereocenters. The average Bonchev–Trinajstić information content (AvgIpc) is 3.18. The van der Waals surface area contributed by atoms with Crippen molar-refractivity contribution in [3.63, 3.8) is 0 Å². The van der Waals surface area contributed by atoms with Crippen LogP contribution < -0.4 is 0 Å². The molecule has 3 heteroatoms. The predicted octanol–water partition coefficient (Wildman–Crippen LogP) is 11.3. The molecular formula is C31H58NPTi. The van der Waals surface area contributed by atoms with Crippen molar-refractivity contribution in [1.82, 2.24) is 0 Å². The first kappa shape index (κ1) is 36.1. The van der Waals surface area contributed by atoms with Gasteiger partial charge in [-0.1, -0.05) is 112 Å². The summed E-state index contributed by atoms with van der Waals surface area (Å²) in [5, 5.41) is 0. The summed E-state index contributed by atoms with van der Waals surface area (Å²) in [6, 6.07) is 0. The van der Waals surface area contributed by atoms with Gasteiger partial charge in [0, 0.05) is 33.8 Å². The van der Waals surface area contributed by atoms with Crippen molar-refractivity contribution in [1.29, 1.82) is 0 Å². The fourth-order valence-corrected chi connectivity index (χ4v) is 8.28. The van der Waals surface area contributed by atoms with Crippen LogP contribution in [0.3, 0.4) is 0 Å². The van der Waals surface area contributed by atoms with Crippen molar-refractivity contribution in [3.05, 3.63) is 48.2 Å². The molecule has 1 nitrogen and oxygen atoms in total. The predicted molar refractivity (Wildman–Crippen MR) is 157 cm³/mol. The van der Waals surface area contributed by atoms with Gasteiger partial charge < -0.3 is 0 Å². The number of hydrogen-bond donors (Lipinski definition) is 0. The van der Waals surface area contributed by atoms with Gasteiger partial charge in [0.25, 0.3) is 0 Å². The maximum atomic E-state index is 5.53. The Morgan fingerprint density at radius 3 is 1.62 bits per heavy atom. The van der Waals surface area contributed by atoms with E-state index in [1.165, 1.54) is 56.3 Å². The van der Waals surface area contributed by atoms with Crippen LogP contribution in [0, 0.1) is 16.2 Å². The van der Waals surface area contributed by atoms with Gasteiger partial charge in [0.15, 0.2) is 0 Å². The van der Waals surface area contributed by atoms with Gasteiger partial charge >= 0.3 is 0 Å². The topological polar surface area (TPSA) is 12.4 Å². The minimum absolute atomic E-state index is 0. The maximum absolute atomic E-state index is 5.53. The third kappa shape index (κ3) is 21.2. The minimum Gasteiger partial charge on any atom is -0.272 e. The van der Waals surface area contributed by atoms with Crippen LogP contribution in [-0.2, 0) is 21.7 Å². The van der Waals surface area contributed by atoms with Gasteiger partial charge in [-0.25, -0.2) is 0 Å². The number of nitrogens with zero attached hydrogens (tertiary/aromatic N) is 1. The summed E-state index contributed by atoms with van der Waals surface area (Å²) in [6.07, 6.45) is 26.4. The molecular weight excluding hydrogens is 465 g/mol. The zero-order chi connectivity index (χ0) is 25.6. The molecule has 0 saturated carbocycles. The summed E-state index contributed by atoms with van der Waals surface area (Å²) in [5.41, 5.74) is 2.52. The van der Waals surface area contributed by atoms with E-state index < -0.39 is 7.05 Å². The number of hydrogen-bond acceptors (Lipinski definition) is 1. The molecule has 1 aliphatic carbocycles. The van der Waals surface area contributed by atoms with Crippen molar-refractivity contribution < 1.29 is 21.7 Å². The zero-order valence-corrected chi connectivity index (χ0v) is 27.3. The van der Waals surface area contributed by atoms with Crippen LogP contribution in [0.5, 0.6) is 0 Å². The number of unbranched alkanes of at least 4 members (excludes halogenated alkanes) is 1. The molecule has 0 aromatic carbocycles. The molecule has 0 aliphatic heterocycles. The maximum Gasteiger partial charge on any atom is 0.0425 e. The molecule has 34 heavy (non-hydrogen) atoms. The van der Waals surface area contributed by atoms with Crippen LogP contribution in [-0.4, -0.2) is 18.5 Å². The Morgan fingerprint density at radius 1 is 0.824 bits per heavy atom. The van der Waals surface area contributed by atoms with Crippen LogP contribution in [0.2, 0.25) is 0 Å². The molecule has 0 amide bonds. The molecule has 0 aromatic rings. The Morgan fingerprint density at radius 2 is 1.29 bits per heavy atom. The van der Waals surface area contributed by atoms with E-state index in [0.29, 0.717) is 16.2 Å². The molecule has 1 aliphatic rings. The third-order valence-corrected chi connectivity index (χ3v) is 9.67. The molecule has 0 N–H and O–H groups in total. The average molecular weight is 524 g/mol. The van der Waals surface area contributed by atoms with Crippen LogP contribution >= 0.6 is 7.05 Å². The Balaban J connectivity index is 0. The van der Waals surface area contributed by atoms with E-state index in [-0.39, 0.29) is 21.7 Å². The van der Waals surface area contributed by atoms with Crippen LogP contribution in [0.1, 0.15) is 115 Å². The van der Waals surface area contributed by atoms with Gasteiger partial charge in [-0.15, -0.1) is 0 Å². The number of allylic oxidation sites excluding steroid dienone is 7. The van der Waals surface area contributed by atoms with Gasteiger partial charge in [-0.05, 0) is 80.5 Å². The standard InChI is InChI=1S/C23H44NP.C8H14.Ti/c1-21(2,3)14-17-25(18-15-22(4,5)6,19-16-23(7,8)9)24-20-12-10-11-13-20;1-3-5-7-8-6-4-2;/h10-12H,13-19H2,1-9H3;3,5,7-8H,4,6H2,1-2H3;. The fraction of sp³-hybridized carbons (Fsp3) is 0.742. The van der Waals surface area contributed by atoms with Crippen LogP contribution in [0.4, 0.5) is 0 Å². The molecule has 0 spiro atoms. The molecule has 0 fully saturated rings. The molecule has 1 rings (SSSR count). The Kier molecular flexibility index (Phi) is 18.4. The first-order valence-corrected chi connectivity index (χ1v) is 15.6. The SMILES string of the molecule is CC(C)(C)CCP(CCC(C)(C)C)(CCC(C)(C)C)=NC1=CC=CC1.CC=CC=CCCC.[Ti]. The second-order valence-corrected chi connectivity index (χ2v) is 17.1. The largest absolute Gasteiger partial charge is 0.272 e. The normalized spacial score (nSPS) is 14.7. The Labute approximate surface area is 230 Å².